The van der Waals surface area contributed by atoms with Crippen LogP contribution in [0.15, 0.2) is 0 Å². The van der Waals surface area contributed by atoms with Crippen LogP contribution in [0.2, 0.25) is 0 Å². The third-order valence-electron chi connectivity index (χ3n) is 5.10. The average molecular weight is 224 g/mol. The zero-order valence-electron chi connectivity index (χ0n) is 10.7. The largest absolute Gasteiger partial charge is 0.327 e. The molecule has 2 saturated carbocycles. The maximum Gasteiger partial charge on any atom is 0.00672 e. The van der Waals surface area contributed by atoms with Gasteiger partial charge in [-0.05, 0) is 43.4 Å². The molecule has 94 valence electrons. The van der Waals surface area contributed by atoms with Crippen LogP contribution in [0.3, 0.4) is 0 Å². The molecule has 16 heavy (non-hydrogen) atoms. The molecule has 0 aromatic rings. The molecule has 2 fully saturated rings. The summed E-state index contributed by atoms with van der Waals surface area (Å²) in [6.07, 6.45) is 10.6. The summed E-state index contributed by atoms with van der Waals surface area (Å²) in [5, 5.41) is 0. The maximum absolute atomic E-state index is 6.24. The van der Waals surface area contributed by atoms with Gasteiger partial charge in [-0.3, -0.25) is 0 Å². The molecule has 0 radical (unpaired) electrons. The Morgan fingerprint density at radius 1 is 0.812 bits per heavy atom. The predicted molar refractivity (Wildman–Crippen MR) is 69.0 cm³/mol. The highest BCUT2D eigenvalue weighted by Gasteiger charge is 2.31. The van der Waals surface area contributed by atoms with Gasteiger partial charge in [-0.2, -0.15) is 0 Å². The summed E-state index contributed by atoms with van der Waals surface area (Å²) >= 11 is 0. The lowest BCUT2D eigenvalue weighted by molar-refractivity contribution is 0.158. The second kappa shape index (κ2) is 5.50. The number of rotatable bonds is 2. The molecule has 4 N–H and O–H groups in total. The summed E-state index contributed by atoms with van der Waals surface area (Å²) < 4.78 is 0. The van der Waals surface area contributed by atoms with Gasteiger partial charge in [0.1, 0.15) is 0 Å². The van der Waals surface area contributed by atoms with Crippen molar-refractivity contribution in [2.45, 2.75) is 70.4 Å². The van der Waals surface area contributed by atoms with Crippen molar-refractivity contribution in [3.63, 3.8) is 0 Å². The van der Waals surface area contributed by atoms with E-state index in [9.17, 15) is 0 Å². The second-order valence-electron chi connectivity index (χ2n) is 6.16. The van der Waals surface area contributed by atoms with Crippen molar-refractivity contribution < 1.29 is 0 Å². The first-order chi connectivity index (χ1) is 7.68. The molecule has 0 amide bonds. The molecular weight excluding hydrogens is 196 g/mol. The Labute approximate surface area is 100 Å². The van der Waals surface area contributed by atoms with E-state index in [1.807, 2.05) is 0 Å². The predicted octanol–water partition coefficient (Wildman–Crippen LogP) is 2.66. The third-order valence-corrected chi connectivity index (χ3v) is 5.10. The van der Waals surface area contributed by atoms with Gasteiger partial charge < -0.3 is 11.5 Å². The van der Waals surface area contributed by atoms with Crippen molar-refractivity contribution in [1.29, 1.82) is 0 Å². The highest BCUT2D eigenvalue weighted by molar-refractivity contribution is 4.86. The fourth-order valence-corrected chi connectivity index (χ4v) is 3.74. The van der Waals surface area contributed by atoms with Gasteiger partial charge >= 0.3 is 0 Å². The fourth-order valence-electron chi connectivity index (χ4n) is 3.74. The molecular formula is C14H28N2. The molecule has 2 heteroatoms. The van der Waals surface area contributed by atoms with Crippen molar-refractivity contribution in [2.24, 2.45) is 29.2 Å². The summed E-state index contributed by atoms with van der Waals surface area (Å²) in [6, 6.07) is 0.915. The van der Waals surface area contributed by atoms with E-state index in [1.165, 1.54) is 51.4 Å². The molecule has 5 atom stereocenters. The number of hydrogen-bond donors (Lipinski definition) is 2. The molecule has 2 rings (SSSR count). The van der Waals surface area contributed by atoms with E-state index in [1.54, 1.807) is 0 Å². The SMILES string of the molecule is CC1C(N)CCCC1CC1CCCCC1N. The smallest absolute Gasteiger partial charge is 0.00672 e. The molecule has 0 saturated heterocycles. The zero-order chi connectivity index (χ0) is 11.5. The Bertz CT molecular complexity index is 217. The lowest BCUT2D eigenvalue weighted by Crippen LogP contribution is -2.40. The van der Waals surface area contributed by atoms with Crippen LogP contribution >= 0.6 is 0 Å². The monoisotopic (exact) mass is 224 g/mol. The summed E-state index contributed by atoms with van der Waals surface area (Å²) in [4.78, 5) is 0. The molecule has 0 heterocycles. The van der Waals surface area contributed by atoms with Crippen molar-refractivity contribution >= 4 is 0 Å². The molecule has 5 unspecified atom stereocenters. The molecule has 2 aliphatic carbocycles. The first-order valence-electron chi connectivity index (χ1n) is 7.19. The van der Waals surface area contributed by atoms with E-state index >= 15 is 0 Å². The average Bonchev–Trinajstić information content (AvgIpc) is 2.28. The minimum absolute atomic E-state index is 0.443. The summed E-state index contributed by atoms with van der Waals surface area (Å²) in [5.74, 6) is 2.34. The Balaban J connectivity index is 1.87. The second-order valence-corrected chi connectivity index (χ2v) is 6.16. The van der Waals surface area contributed by atoms with Gasteiger partial charge in [-0.25, -0.2) is 0 Å². The Morgan fingerprint density at radius 2 is 1.44 bits per heavy atom. The van der Waals surface area contributed by atoms with Crippen LogP contribution < -0.4 is 11.5 Å². The van der Waals surface area contributed by atoms with Crippen LogP contribution in [0.25, 0.3) is 0 Å². The molecule has 0 aromatic carbocycles. The number of nitrogens with two attached hydrogens (primary N) is 2. The van der Waals surface area contributed by atoms with E-state index < -0.39 is 0 Å². The standard InChI is InChI=1S/C14H28N2/c1-10-11(6-4-8-13(10)15)9-12-5-2-3-7-14(12)16/h10-14H,2-9,15-16H2,1H3. The zero-order valence-corrected chi connectivity index (χ0v) is 10.7. The van der Waals surface area contributed by atoms with Crippen LogP contribution in [-0.2, 0) is 0 Å². The molecule has 2 nitrogen and oxygen atoms in total. The maximum atomic E-state index is 6.24. The lowest BCUT2D eigenvalue weighted by atomic mass is 9.70. The van der Waals surface area contributed by atoms with Crippen molar-refractivity contribution in [1.82, 2.24) is 0 Å². The van der Waals surface area contributed by atoms with Gasteiger partial charge in [-0.15, -0.1) is 0 Å². The molecule has 0 spiro atoms. The van der Waals surface area contributed by atoms with Crippen molar-refractivity contribution in [3.8, 4) is 0 Å². The number of hydrogen-bond acceptors (Lipinski definition) is 2. The van der Waals surface area contributed by atoms with Crippen molar-refractivity contribution in [3.05, 3.63) is 0 Å². The van der Waals surface area contributed by atoms with Gasteiger partial charge in [0, 0.05) is 12.1 Å². The Hall–Kier alpha value is -0.0800. The van der Waals surface area contributed by atoms with Crippen molar-refractivity contribution in [2.75, 3.05) is 0 Å². The first kappa shape index (κ1) is 12.4. The highest BCUT2D eigenvalue weighted by atomic mass is 14.7. The lowest BCUT2D eigenvalue weighted by Gasteiger charge is -2.38. The summed E-state index contributed by atoms with van der Waals surface area (Å²) in [6.45, 7) is 2.35. The van der Waals surface area contributed by atoms with E-state index in [0.29, 0.717) is 18.0 Å². The van der Waals surface area contributed by atoms with Gasteiger partial charge in [0.15, 0.2) is 0 Å². The molecule has 0 aromatic heterocycles. The van der Waals surface area contributed by atoms with Gasteiger partial charge in [0.25, 0.3) is 0 Å². The van der Waals surface area contributed by atoms with Gasteiger partial charge in [-0.1, -0.05) is 32.6 Å². The van der Waals surface area contributed by atoms with E-state index in [2.05, 4.69) is 6.92 Å². The quantitative estimate of drug-likeness (QED) is 0.757. The van der Waals surface area contributed by atoms with Crippen LogP contribution in [0.1, 0.15) is 58.3 Å². The minimum atomic E-state index is 0.443. The van der Waals surface area contributed by atoms with Gasteiger partial charge in [0.2, 0.25) is 0 Å². The Kier molecular flexibility index (Phi) is 4.26. The summed E-state index contributed by atoms with van der Waals surface area (Å²) in [7, 11) is 0. The van der Waals surface area contributed by atoms with E-state index in [4.69, 9.17) is 11.5 Å². The minimum Gasteiger partial charge on any atom is -0.327 e. The van der Waals surface area contributed by atoms with E-state index in [0.717, 1.165) is 11.8 Å². The van der Waals surface area contributed by atoms with Crippen LogP contribution in [0.5, 0.6) is 0 Å². The van der Waals surface area contributed by atoms with Crippen LogP contribution in [0, 0.1) is 17.8 Å². The van der Waals surface area contributed by atoms with Crippen LogP contribution in [0.4, 0.5) is 0 Å². The highest BCUT2D eigenvalue weighted by Crippen LogP contribution is 2.37. The normalized spacial score (nSPS) is 45.6. The first-order valence-corrected chi connectivity index (χ1v) is 7.19. The fraction of sp³-hybridized carbons (Fsp3) is 1.00. The molecule has 2 aliphatic rings. The molecule has 0 aliphatic heterocycles. The van der Waals surface area contributed by atoms with Crippen LogP contribution in [-0.4, -0.2) is 12.1 Å². The van der Waals surface area contributed by atoms with E-state index in [-0.39, 0.29) is 0 Å². The topological polar surface area (TPSA) is 52.0 Å². The summed E-state index contributed by atoms with van der Waals surface area (Å²) in [5.41, 5.74) is 12.4. The molecule has 0 bridgehead atoms. The van der Waals surface area contributed by atoms with Gasteiger partial charge in [0.05, 0.1) is 0 Å². The third kappa shape index (κ3) is 2.78. The Morgan fingerprint density at radius 3 is 2.19 bits per heavy atom.